The Labute approximate surface area is 153 Å². The van der Waals surface area contributed by atoms with Crippen molar-refractivity contribution in [3.63, 3.8) is 0 Å². The predicted octanol–water partition coefficient (Wildman–Crippen LogP) is 0.656. The van der Waals surface area contributed by atoms with Crippen LogP contribution in [0.3, 0.4) is 0 Å². The first kappa shape index (κ1) is 25.8. The number of hydroxylamine groups is 3. The van der Waals surface area contributed by atoms with Gasteiger partial charge in [0.15, 0.2) is 7.05 Å². The van der Waals surface area contributed by atoms with E-state index in [2.05, 4.69) is 6.92 Å². The standard InChI is InChI=1S/C17H36N2O4.ClH/c1-5-6-7-8-9-10-11-12-13-14-15-16(17(18)20)23-19(2,21-3)22-4;/h16H,5-15H2,1-4H3,(H-,18,20);1H. The van der Waals surface area contributed by atoms with Crippen molar-refractivity contribution in [3.8, 4) is 0 Å². The number of nitrogens with zero attached hydrogens (tertiary/aromatic N) is 1. The third kappa shape index (κ3) is 13.0. The van der Waals surface area contributed by atoms with Crippen LogP contribution >= 0.6 is 0 Å². The summed E-state index contributed by atoms with van der Waals surface area (Å²) in [6, 6.07) is 0. The molecule has 0 rings (SSSR count). The molecule has 0 radical (unpaired) electrons. The molecule has 6 nitrogen and oxygen atoms in total. The number of carbonyl (C=O) groups excluding carboxylic acids is 1. The summed E-state index contributed by atoms with van der Waals surface area (Å²) in [6.07, 6.45) is 12.4. The zero-order valence-electron chi connectivity index (χ0n) is 15.9. The SMILES string of the molecule is CCCCCCCCCCCCC(O[N+](C)(OC)OC)C(N)=O.[Cl-]. The number of hydrogen-bond acceptors (Lipinski definition) is 4. The molecule has 0 bridgehead atoms. The van der Waals surface area contributed by atoms with Gasteiger partial charge < -0.3 is 18.1 Å². The van der Waals surface area contributed by atoms with Crippen LogP contribution in [0.15, 0.2) is 0 Å². The first-order valence-corrected chi connectivity index (χ1v) is 8.94. The van der Waals surface area contributed by atoms with Gasteiger partial charge in [-0.3, -0.25) is 4.79 Å². The van der Waals surface area contributed by atoms with E-state index in [0.29, 0.717) is 6.42 Å². The number of primary amides is 1. The third-order valence-corrected chi connectivity index (χ3v) is 4.12. The van der Waals surface area contributed by atoms with Gasteiger partial charge in [-0.1, -0.05) is 71.1 Å². The molecule has 0 heterocycles. The second-order valence-corrected chi connectivity index (χ2v) is 6.10. The number of halogens is 1. The molecule has 24 heavy (non-hydrogen) atoms. The molecule has 0 aliphatic carbocycles. The highest BCUT2D eigenvalue weighted by molar-refractivity contribution is 5.78. The monoisotopic (exact) mass is 368 g/mol. The van der Waals surface area contributed by atoms with Crippen LogP contribution in [-0.2, 0) is 19.3 Å². The Hall–Kier alpha value is -0.400. The Bertz CT molecular complexity index is 302. The lowest BCUT2D eigenvalue weighted by atomic mass is 10.0. The Morgan fingerprint density at radius 2 is 1.33 bits per heavy atom. The highest BCUT2D eigenvalue weighted by Crippen LogP contribution is 2.16. The molecule has 0 fully saturated rings. The van der Waals surface area contributed by atoms with Crippen LogP contribution in [0.2, 0.25) is 0 Å². The zero-order valence-corrected chi connectivity index (χ0v) is 16.6. The summed E-state index contributed by atoms with van der Waals surface area (Å²) in [4.78, 5) is 26.5. The maximum absolute atomic E-state index is 11.5. The second kappa shape index (κ2) is 16.1. The van der Waals surface area contributed by atoms with Gasteiger partial charge in [0, 0.05) is 0 Å². The summed E-state index contributed by atoms with van der Waals surface area (Å²) >= 11 is 0. The van der Waals surface area contributed by atoms with Crippen LogP contribution < -0.4 is 18.1 Å². The predicted molar refractivity (Wildman–Crippen MR) is 90.7 cm³/mol. The molecule has 146 valence electrons. The summed E-state index contributed by atoms with van der Waals surface area (Å²) in [5.41, 5.74) is 5.39. The Balaban J connectivity index is 0. The van der Waals surface area contributed by atoms with E-state index < -0.39 is 17.0 Å². The van der Waals surface area contributed by atoms with Gasteiger partial charge in [0.05, 0.1) is 4.97 Å². The molecule has 0 saturated carbocycles. The highest BCUT2D eigenvalue weighted by atomic mass is 35.5. The molecule has 0 aliphatic rings. The summed E-state index contributed by atoms with van der Waals surface area (Å²) in [5, 5.41) is 0. The van der Waals surface area contributed by atoms with Crippen LogP contribution in [0.1, 0.15) is 77.6 Å². The van der Waals surface area contributed by atoms with Crippen molar-refractivity contribution >= 4 is 5.91 Å². The van der Waals surface area contributed by atoms with Crippen molar-refractivity contribution in [2.45, 2.75) is 83.7 Å². The van der Waals surface area contributed by atoms with Crippen molar-refractivity contribution in [1.82, 2.24) is 0 Å². The average molecular weight is 369 g/mol. The summed E-state index contributed by atoms with van der Waals surface area (Å²) in [7, 11) is 4.46. The lowest BCUT2D eigenvalue weighted by molar-refractivity contribution is -1.35. The fraction of sp³-hybridized carbons (Fsp3) is 0.941. The minimum Gasteiger partial charge on any atom is -1.00 e. The van der Waals surface area contributed by atoms with Crippen molar-refractivity contribution in [2.75, 3.05) is 21.3 Å². The van der Waals surface area contributed by atoms with Crippen LogP contribution in [0.25, 0.3) is 0 Å². The zero-order chi connectivity index (χ0) is 17.6. The van der Waals surface area contributed by atoms with Crippen LogP contribution in [0, 0.1) is 0 Å². The van der Waals surface area contributed by atoms with Gasteiger partial charge in [-0.05, 0) is 6.42 Å². The highest BCUT2D eigenvalue weighted by Gasteiger charge is 2.33. The van der Waals surface area contributed by atoms with Crippen LogP contribution in [0.4, 0.5) is 0 Å². The average Bonchev–Trinajstić information content (AvgIpc) is 2.55. The van der Waals surface area contributed by atoms with Crippen LogP contribution in [0.5, 0.6) is 0 Å². The molecule has 1 atom stereocenters. The van der Waals surface area contributed by atoms with Gasteiger partial charge in [-0.25, -0.2) is 0 Å². The Kier molecular flexibility index (Phi) is 17.3. The second-order valence-electron chi connectivity index (χ2n) is 6.10. The minimum atomic E-state index is -0.700. The lowest BCUT2D eigenvalue weighted by Gasteiger charge is -2.25. The molecule has 0 spiro atoms. The van der Waals surface area contributed by atoms with E-state index in [4.69, 9.17) is 20.2 Å². The summed E-state index contributed by atoms with van der Waals surface area (Å²) in [5.74, 6) is -0.487. The molecule has 0 saturated heterocycles. The fourth-order valence-electron chi connectivity index (χ4n) is 2.46. The lowest BCUT2D eigenvalue weighted by Crippen LogP contribution is -3.00. The molecular formula is C17H37ClN2O4. The maximum Gasteiger partial charge on any atom is 0.253 e. The Morgan fingerprint density at radius 3 is 1.71 bits per heavy atom. The number of amides is 1. The number of carbonyl (C=O) groups is 1. The van der Waals surface area contributed by atoms with E-state index in [-0.39, 0.29) is 12.4 Å². The topological polar surface area (TPSA) is 70.8 Å². The smallest absolute Gasteiger partial charge is 0.253 e. The fourth-order valence-corrected chi connectivity index (χ4v) is 2.46. The van der Waals surface area contributed by atoms with Crippen molar-refractivity contribution in [2.24, 2.45) is 5.73 Å². The van der Waals surface area contributed by atoms with Crippen molar-refractivity contribution in [1.29, 1.82) is 0 Å². The van der Waals surface area contributed by atoms with E-state index in [9.17, 15) is 4.79 Å². The molecular weight excluding hydrogens is 332 g/mol. The molecule has 7 heteroatoms. The van der Waals surface area contributed by atoms with E-state index >= 15 is 0 Å². The molecule has 2 N–H and O–H groups in total. The normalized spacial score (nSPS) is 12.7. The maximum atomic E-state index is 11.5. The number of unbranched alkanes of at least 4 members (excludes halogenated alkanes) is 9. The molecule has 1 unspecified atom stereocenters. The van der Waals surface area contributed by atoms with Gasteiger partial charge in [0.2, 0.25) is 6.10 Å². The number of quaternary nitrogens is 1. The molecule has 1 amide bonds. The van der Waals surface area contributed by atoms with Gasteiger partial charge in [-0.2, -0.15) is 0 Å². The van der Waals surface area contributed by atoms with E-state index in [1.807, 2.05) is 0 Å². The number of hydrogen-bond donors (Lipinski definition) is 1. The molecule has 0 aromatic rings. The summed E-state index contributed by atoms with van der Waals surface area (Å²) in [6.45, 7) is 2.24. The summed E-state index contributed by atoms with van der Waals surface area (Å²) < 4.78 is 0. The van der Waals surface area contributed by atoms with E-state index in [0.717, 1.165) is 12.8 Å². The number of nitrogens with two attached hydrogens (primary N) is 1. The quantitative estimate of drug-likeness (QED) is 0.247. The van der Waals surface area contributed by atoms with Crippen LogP contribution in [-0.4, -0.2) is 38.3 Å². The van der Waals surface area contributed by atoms with E-state index in [1.165, 1.54) is 65.6 Å². The van der Waals surface area contributed by atoms with Crippen molar-refractivity contribution in [3.05, 3.63) is 0 Å². The molecule has 0 aromatic heterocycles. The van der Waals surface area contributed by atoms with Gasteiger partial charge in [-0.15, -0.1) is 14.5 Å². The first-order chi connectivity index (χ1) is 11.0. The first-order valence-electron chi connectivity index (χ1n) is 8.94. The van der Waals surface area contributed by atoms with E-state index in [1.54, 1.807) is 7.05 Å². The molecule has 0 aromatic carbocycles. The largest absolute Gasteiger partial charge is 1.00 e. The van der Waals surface area contributed by atoms with Gasteiger partial charge >= 0.3 is 0 Å². The van der Waals surface area contributed by atoms with Gasteiger partial charge in [0.1, 0.15) is 14.2 Å². The third-order valence-electron chi connectivity index (χ3n) is 4.12. The van der Waals surface area contributed by atoms with Gasteiger partial charge in [0.25, 0.3) is 5.91 Å². The number of rotatable bonds is 16. The Morgan fingerprint density at radius 1 is 0.917 bits per heavy atom. The molecule has 0 aliphatic heterocycles. The minimum absolute atomic E-state index is 0. The van der Waals surface area contributed by atoms with Crippen molar-refractivity contribution < 1.29 is 36.7 Å².